The summed E-state index contributed by atoms with van der Waals surface area (Å²) in [6, 6.07) is 9.40. The smallest absolute Gasteiger partial charge is 0.369 e. The molecule has 0 saturated heterocycles. The number of halogens is 3. The van der Waals surface area contributed by atoms with Crippen LogP contribution in [0.25, 0.3) is 16.8 Å². The van der Waals surface area contributed by atoms with Crippen molar-refractivity contribution in [3.8, 4) is 16.8 Å². The fraction of sp³-hybridized carbons (Fsp3) is 0.158. The quantitative estimate of drug-likeness (QED) is 0.636. The molecule has 7 nitrogen and oxygen atoms in total. The first-order valence-corrected chi connectivity index (χ1v) is 10.1. The van der Waals surface area contributed by atoms with Crippen molar-refractivity contribution < 1.29 is 26.4 Å². The number of benzene rings is 2. The van der Waals surface area contributed by atoms with Gasteiger partial charge in [0.1, 0.15) is 4.90 Å². The van der Waals surface area contributed by atoms with Gasteiger partial charge in [0, 0.05) is 11.8 Å². The van der Waals surface area contributed by atoms with Crippen molar-refractivity contribution in [2.75, 3.05) is 0 Å². The van der Waals surface area contributed by atoms with Gasteiger partial charge in [-0.15, -0.1) is 0 Å². The molecule has 158 valence electrons. The summed E-state index contributed by atoms with van der Waals surface area (Å²) in [6.45, 7) is 1.72. The molecular formula is C19H17F3N4O3S. The van der Waals surface area contributed by atoms with E-state index in [0.717, 1.165) is 4.68 Å². The van der Waals surface area contributed by atoms with Gasteiger partial charge in [-0.3, -0.25) is 4.79 Å². The Kier molecular flexibility index (Phi) is 5.44. The lowest BCUT2D eigenvalue weighted by atomic mass is 9.93. The average molecular weight is 438 g/mol. The number of nitrogens with zero attached hydrogens (tertiary/aromatic N) is 2. The number of nitrogens with two attached hydrogens (primary N) is 2. The topological polar surface area (TPSA) is 121 Å². The second kappa shape index (κ2) is 7.58. The Labute approximate surface area is 170 Å². The molecule has 0 aliphatic rings. The van der Waals surface area contributed by atoms with Crippen LogP contribution >= 0.6 is 0 Å². The number of aromatic nitrogens is 2. The molecule has 0 bridgehead atoms. The highest BCUT2D eigenvalue weighted by molar-refractivity contribution is 7.89. The number of amides is 1. The Morgan fingerprint density at radius 1 is 1.17 bits per heavy atom. The maximum absolute atomic E-state index is 13.0. The van der Waals surface area contributed by atoms with Crippen LogP contribution in [0.2, 0.25) is 0 Å². The lowest BCUT2D eigenvalue weighted by Gasteiger charge is -2.19. The Morgan fingerprint density at radius 3 is 2.37 bits per heavy atom. The van der Waals surface area contributed by atoms with Crippen molar-refractivity contribution in [1.29, 1.82) is 0 Å². The first-order chi connectivity index (χ1) is 13.9. The van der Waals surface area contributed by atoms with Crippen molar-refractivity contribution in [2.45, 2.75) is 24.4 Å². The highest BCUT2D eigenvalue weighted by Crippen LogP contribution is 2.37. The average Bonchev–Trinajstić information content (AvgIpc) is 3.11. The summed E-state index contributed by atoms with van der Waals surface area (Å²) < 4.78 is 65.0. The van der Waals surface area contributed by atoms with Crippen LogP contribution < -0.4 is 10.9 Å². The molecule has 0 saturated carbocycles. The number of sulfonamides is 1. The van der Waals surface area contributed by atoms with Gasteiger partial charge in [-0.05, 0) is 29.7 Å². The van der Waals surface area contributed by atoms with Crippen LogP contribution in [-0.2, 0) is 27.4 Å². The maximum Gasteiger partial charge on any atom is 0.419 e. The highest BCUT2D eigenvalue weighted by Gasteiger charge is 2.33. The van der Waals surface area contributed by atoms with E-state index < -0.39 is 32.6 Å². The number of primary amides is 1. The molecule has 0 radical (unpaired) electrons. The van der Waals surface area contributed by atoms with Crippen LogP contribution in [0.4, 0.5) is 13.2 Å². The van der Waals surface area contributed by atoms with Gasteiger partial charge in [-0.25, -0.2) is 18.2 Å². The van der Waals surface area contributed by atoms with Gasteiger partial charge < -0.3 is 5.73 Å². The molecule has 0 spiro atoms. The molecule has 3 aromatic rings. The van der Waals surface area contributed by atoms with Gasteiger partial charge in [0.2, 0.25) is 15.9 Å². The Bertz CT molecular complexity index is 1230. The monoisotopic (exact) mass is 438 g/mol. The van der Waals surface area contributed by atoms with Crippen LogP contribution in [0, 0.1) is 6.92 Å². The van der Waals surface area contributed by atoms with E-state index in [2.05, 4.69) is 5.10 Å². The predicted molar refractivity (Wildman–Crippen MR) is 103 cm³/mol. The molecule has 0 aliphatic heterocycles. The highest BCUT2D eigenvalue weighted by atomic mass is 32.2. The van der Waals surface area contributed by atoms with E-state index >= 15 is 0 Å². The van der Waals surface area contributed by atoms with Gasteiger partial charge in [0.05, 0.1) is 23.9 Å². The van der Waals surface area contributed by atoms with E-state index in [1.54, 1.807) is 31.2 Å². The molecular weight excluding hydrogens is 421 g/mol. The lowest BCUT2D eigenvalue weighted by Crippen LogP contribution is -2.20. The zero-order chi connectivity index (χ0) is 22.3. The van der Waals surface area contributed by atoms with Crippen molar-refractivity contribution in [1.82, 2.24) is 9.78 Å². The number of alkyl halides is 3. The van der Waals surface area contributed by atoms with Gasteiger partial charge in [-0.1, -0.05) is 30.3 Å². The van der Waals surface area contributed by atoms with Crippen molar-refractivity contribution in [3.63, 3.8) is 0 Å². The summed E-state index contributed by atoms with van der Waals surface area (Å²) >= 11 is 0. The van der Waals surface area contributed by atoms with Crippen molar-refractivity contribution >= 4 is 15.9 Å². The molecule has 30 heavy (non-hydrogen) atoms. The molecule has 1 heterocycles. The van der Waals surface area contributed by atoms with Gasteiger partial charge >= 0.3 is 6.18 Å². The summed E-state index contributed by atoms with van der Waals surface area (Å²) in [5.74, 6) is -0.712. The van der Waals surface area contributed by atoms with Crippen LogP contribution in [0.15, 0.2) is 53.7 Å². The van der Waals surface area contributed by atoms with Gasteiger partial charge in [0.25, 0.3) is 0 Å². The first kappa shape index (κ1) is 21.5. The van der Waals surface area contributed by atoms with Crippen LogP contribution in [-0.4, -0.2) is 24.1 Å². The number of hydrogen-bond donors (Lipinski definition) is 2. The Hall–Kier alpha value is -3.18. The standard InChI is InChI=1S/C19H17F3N4O3S/c1-11-4-2-3-5-14(11)17-12(8-16(23)27)6-7-15(18(17)30(24,28)29)26-10-13(9-25-26)19(20,21)22/h2-7,9-10H,8H2,1H3,(H2,23,27)(H2,24,28,29). The molecule has 1 amide bonds. The maximum atomic E-state index is 13.0. The summed E-state index contributed by atoms with van der Waals surface area (Å²) in [5.41, 5.74) is 5.55. The summed E-state index contributed by atoms with van der Waals surface area (Å²) in [7, 11) is -4.46. The second-order valence-corrected chi connectivity index (χ2v) is 8.12. The molecule has 11 heteroatoms. The third-order valence-electron chi connectivity index (χ3n) is 4.44. The predicted octanol–water partition coefficient (Wildman–Crippen LogP) is 2.54. The van der Waals surface area contributed by atoms with Crippen molar-refractivity contribution in [3.05, 3.63) is 65.5 Å². The van der Waals surface area contributed by atoms with Crippen LogP contribution in [0.1, 0.15) is 16.7 Å². The summed E-state index contributed by atoms with van der Waals surface area (Å²) in [5, 5.41) is 9.13. The SMILES string of the molecule is Cc1ccccc1-c1c(CC(N)=O)ccc(-n2cc(C(F)(F)F)cn2)c1S(N)(=O)=O. The molecule has 4 N–H and O–H groups in total. The molecule has 1 aromatic heterocycles. The zero-order valence-corrected chi connectivity index (χ0v) is 16.5. The Balaban J connectivity index is 2.41. The lowest BCUT2D eigenvalue weighted by molar-refractivity contribution is -0.137. The number of carbonyl (C=O) groups excluding carboxylic acids is 1. The Morgan fingerprint density at radius 2 is 1.83 bits per heavy atom. The van der Waals surface area contributed by atoms with E-state index in [-0.39, 0.29) is 23.2 Å². The van der Waals surface area contributed by atoms with E-state index in [0.29, 0.717) is 23.5 Å². The zero-order valence-electron chi connectivity index (χ0n) is 15.6. The normalized spacial score (nSPS) is 12.2. The number of carbonyl (C=O) groups is 1. The van der Waals surface area contributed by atoms with Gasteiger partial charge in [-0.2, -0.15) is 18.3 Å². The molecule has 3 rings (SSSR count). The largest absolute Gasteiger partial charge is 0.419 e. The number of aryl methyl sites for hydroxylation is 1. The third kappa shape index (κ3) is 4.21. The van der Waals surface area contributed by atoms with Crippen LogP contribution in [0.5, 0.6) is 0 Å². The minimum absolute atomic E-state index is 0.0935. The fourth-order valence-corrected chi connectivity index (χ4v) is 4.14. The minimum atomic E-state index is -4.66. The third-order valence-corrected chi connectivity index (χ3v) is 5.43. The number of hydrogen-bond acceptors (Lipinski definition) is 4. The van der Waals surface area contributed by atoms with E-state index in [4.69, 9.17) is 10.9 Å². The summed E-state index contributed by atoms with van der Waals surface area (Å²) in [4.78, 5) is 11.1. The van der Waals surface area contributed by atoms with E-state index in [1.807, 2.05) is 0 Å². The molecule has 0 fully saturated rings. The van der Waals surface area contributed by atoms with E-state index in [9.17, 15) is 26.4 Å². The number of rotatable bonds is 5. The molecule has 0 unspecified atom stereocenters. The molecule has 0 aliphatic carbocycles. The fourth-order valence-electron chi connectivity index (χ4n) is 3.17. The van der Waals surface area contributed by atoms with Gasteiger partial charge in [0.15, 0.2) is 0 Å². The molecule has 2 aromatic carbocycles. The van der Waals surface area contributed by atoms with E-state index in [1.165, 1.54) is 12.1 Å². The first-order valence-electron chi connectivity index (χ1n) is 8.55. The number of primary sulfonamides is 1. The summed E-state index contributed by atoms with van der Waals surface area (Å²) in [6.07, 6.45) is -3.71. The van der Waals surface area contributed by atoms with Crippen molar-refractivity contribution in [2.24, 2.45) is 10.9 Å². The molecule has 0 atom stereocenters. The van der Waals surface area contributed by atoms with Crippen LogP contribution in [0.3, 0.4) is 0 Å². The second-order valence-electron chi connectivity index (χ2n) is 6.62. The minimum Gasteiger partial charge on any atom is -0.369 e.